The number of alkyl halides is 2. The summed E-state index contributed by atoms with van der Waals surface area (Å²) in [6, 6.07) is 0. The van der Waals surface area contributed by atoms with Crippen LogP contribution in [0.4, 0.5) is 0 Å². The van der Waals surface area contributed by atoms with Crippen molar-refractivity contribution in [1.82, 2.24) is 0 Å². The molecule has 0 aliphatic rings. The molecular formula is C5H8Cl2O6S. The smallest absolute Gasteiger partial charge is 0.323 e. The van der Waals surface area contributed by atoms with Gasteiger partial charge in [-0.15, -0.1) is 23.2 Å². The summed E-state index contributed by atoms with van der Waals surface area (Å²) in [7, 11) is -4.77. The van der Waals surface area contributed by atoms with Gasteiger partial charge < -0.3 is 10.2 Å². The SMILES string of the molecule is O=C(O)C(Cl)C(C(O)CCl)S(=O)(=O)O. The van der Waals surface area contributed by atoms with E-state index in [1.807, 2.05) is 0 Å². The summed E-state index contributed by atoms with van der Waals surface area (Å²) in [4.78, 5) is 10.3. The molecule has 3 N–H and O–H groups in total. The Morgan fingerprint density at radius 2 is 1.86 bits per heavy atom. The molecule has 0 radical (unpaired) electrons. The first-order valence-electron chi connectivity index (χ1n) is 3.29. The molecule has 6 nitrogen and oxygen atoms in total. The third kappa shape index (κ3) is 3.58. The molecule has 3 unspecified atom stereocenters. The normalized spacial score (nSPS) is 18.6. The Morgan fingerprint density at radius 3 is 2.07 bits per heavy atom. The molecule has 9 heteroatoms. The van der Waals surface area contributed by atoms with Crippen LogP contribution in [0, 0.1) is 0 Å². The van der Waals surface area contributed by atoms with Gasteiger partial charge in [-0.25, -0.2) is 0 Å². The molecule has 0 rings (SSSR count). The van der Waals surface area contributed by atoms with Gasteiger partial charge in [-0.05, 0) is 0 Å². The highest BCUT2D eigenvalue weighted by atomic mass is 35.5. The van der Waals surface area contributed by atoms with E-state index in [1.165, 1.54) is 0 Å². The Morgan fingerprint density at radius 1 is 1.43 bits per heavy atom. The van der Waals surface area contributed by atoms with Gasteiger partial charge in [0.15, 0.2) is 5.38 Å². The summed E-state index contributed by atoms with van der Waals surface area (Å²) in [6.07, 6.45) is -1.75. The summed E-state index contributed by atoms with van der Waals surface area (Å²) in [5.74, 6) is -2.22. The lowest BCUT2D eigenvalue weighted by atomic mass is 10.2. The summed E-state index contributed by atoms with van der Waals surface area (Å²) < 4.78 is 29.9. The molecule has 0 fully saturated rings. The summed E-state index contributed by atoms with van der Waals surface area (Å²) >= 11 is 10.3. The Labute approximate surface area is 90.2 Å². The highest BCUT2D eigenvalue weighted by molar-refractivity contribution is 7.86. The van der Waals surface area contributed by atoms with Crippen LogP contribution < -0.4 is 0 Å². The van der Waals surface area contributed by atoms with Crippen LogP contribution in [-0.4, -0.2) is 51.8 Å². The van der Waals surface area contributed by atoms with E-state index in [0.717, 1.165) is 0 Å². The minimum Gasteiger partial charge on any atom is -0.480 e. The molecule has 0 saturated carbocycles. The topological polar surface area (TPSA) is 112 Å². The van der Waals surface area contributed by atoms with Crippen molar-refractivity contribution in [3.63, 3.8) is 0 Å². The molecule has 0 heterocycles. The zero-order chi connectivity index (χ0) is 11.5. The first-order valence-corrected chi connectivity index (χ1v) is 5.76. The van der Waals surface area contributed by atoms with E-state index in [0.29, 0.717) is 0 Å². The molecule has 0 aromatic carbocycles. The second-order valence-electron chi connectivity index (χ2n) is 2.44. The van der Waals surface area contributed by atoms with Crippen LogP contribution in [0.25, 0.3) is 0 Å². The third-order valence-electron chi connectivity index (χ3n) is 1.41. The molecule has 0 spiro atoms. The van der Waals surface area contributed by atoms with Gasteiger partial charge in [-0.2, -0.15) is 8.42 Å². The van der Waals surface area contributed by atoms with E-state index in [4.69, 9.17) is 38.0 Å². The average Bonchev–Trinajstić information content (AvgIpc) is 2.01. The standard InChI is InChI=1S/C5H8Cl2O6S/c6-1-2(8)4(14(11,12)13)3(7)5(9)10/h2-4,8H,1H2,(H,9,10)(H,11,12,13). The lowest BCUT2D eigenvalue weighted by molar-refractivity contribution is -0.137. The molecule has 3 atom stereocenters. The first kappa shape index (κ1) is 13.9. The fourth-order valence-electron chi connectivity index (χ4n) is 0.773. The van der Waals surface area contributed by atoms with Gasteiger partial charge in [0.1, 0.15) is 5.25 Å². The molecule has 84 valence electrons. The lowest BCUT2D eigenvalue weighted by Gasteiger charge is -2.19. The van der Waals surface area contributed by atoms with Crippen molar-refractivity contribution in [3.05, 3.63) is 0 Å². The van der Waals surface area contributed by atoms with Gasteiger partial charge in [-0.1, -0.05) is 0 Å². The van der Waals surface area contributed by atoms with Crippen LogP contribution in [0.1, 0.15) is 0 Å². The van der Waals surface area contributed by atoms with Crippen molar-refractivity contribution < 1.29 is 28.0 Å². The van der Waals surface area contributed by atoms with Crippen molar-refractivity contribution in [2.24, 2.45) is 0 Å². The Hall–Kier alpha value is -0.0800. The van der Waals surface area contributed by atoms with Crippen LogP contribution in [0.5, 0.6) is 0 Å². The maximum Gasteiger partial charge on any atom is 0.323 e. The van der Waals surface area contributed by atoms with Gasteiger partial charge in [0.25, 0.3) is 10.1 Å². The van der Waals surface area contributed by atoms with Crippen molar-refractivity contribution in [2.75, 3.05) is 5.88 Å². The van der Waals surface area contributed by atoms with Gasteiger partial charge >= 0.3 is 5.97 Å². The lowest BCUT2D eigenvalue weighted by Crippen LogP contribution is -2.45. The molecule has 0 saturated heterocycles. The molecule has 0 aromatic rings. The zero-order valence-corrected chi connectivity index (χ0v) is 9.00. The first-order chi connectivity index (χ1) is 6.21. The van der Waals surface area contributed by atoms with Crippen molar-refractivity contribution in [3.8, 4) is 0 Å². The minimum atomic E-state index is -4.77. The average molecular weight is 267 g/mol. The maximum absolute atomic E-state index is 10.7. The fourth-order valence-corrected chi connectivity index (χ4v) is 2.54. The molecule has 14 heavy (non-hydrogen) atoms. The highest BCUT2D eigenvalue weighted by Gasteiger charge is 2.41. The molecule has 0 aliphatic carbocycles. The van der Waals surface area contributed by atoms with Gasteiger partial charge in [0.2, 0.25) is 0 Å². The zero-order valence-electron chi connectivity index (χ0n) is 6.67. The molecule has 0 aromatic heterocycles. The number of halogens is 2. The number of hydrogen-bond acceptors (Lipinski definition) is 4. The monoisotopic (exact) mass is 266 g/mol. The van der Waals surface area contributed by atoms with Crippen LogP contribution >= 0.6 is 23.2 Å². The molecule has 0 bridgehead atoms. The Balaban J connectivity index is 5.02. The number of carboxylic acid groups (broad SMARTS) is 1. The van der Waals surface area contributed by atoms with Crippen LogP contribution in [0.2, 0.25) is 0 Å². The van der Waals surface area contributed by atoms with Crippen LogP contribution in [0.3, 0.4) is 0 Å². The van der Waals surface area contributed by atoms with Crippen molar-refractivity contribution >= 4 is 39.3 Å². The predicted octanol–water partition coefficient (Wildman–Crippen LogP) is -0.465. The van der Waals surface area contributed by atoms with Gasteiger partial charge in [0.05, 0.1) is 6.10 Å². The second kappa shape index (κ2) is 5.13. The van der Waals surface area contributed by atoms with Gasteiger partial charge in [0, 0.05) is 5.88 Å². The summed E-state index contributed by atoms with van der Waals surface area (Å²) in [5.41, 5.74) is 0. The number of carboxylic acids is 1. The van der Waals surface area contributed by atoms with Crippen molar-refractivity contribution in [1.29, 1.82) is 0 Å². The maximum atomic E-state index is 10.7. The second-order valence-corrected chi connectivity index (χ2v) is 4.79. The molecule has 0 aliphatic heterocycles. The highest BCUT2D eigenvalue weighted by Crippen LogP contribution is 2.16. The third-order valence-corrected chi connectivity index (χ3v) is 3.60. The number of aliphatic hydroxyl groups excluding tert-OH is 1. The van der Waals surface area contributed by atoms with Crippen LogP contribution in [0.15, 0.2) is 0 Å². The van der Waals surface area contributed by atoms with E-state index in [1.54, 1.807) is 0 Å². The Kier molecular flexibility index (Phi) is 5.10. The van der Waals surface area contributed by atoms with E-state index < -0.39 is 38.7 Å². The minimum absolute atomic E-state index is 0.555. The molecular weight excluding hydrogens is 259 g/mol. The Bertz CT molecular complexity index is 301. The molecule has 0 amide bonds. The number of rotatable bonds is 5. The van der Waals surface area contributed by atoms with E-state index in [2.05, 4.69) is 0 Å². The number of aliphatic hydroxyl groups is 1. The quantitative estimate of drug-likeness (QED) is 0.458. The van der Waals surface area contributed by atoms with Crippen molar-refractivity contribution in [2.45, 2.75) is 16.7 Å². The summed E-state index contributed by atoms with van der Waals surface area (Å²) in [5, 5.41) is 13.5. The van der Waals surface area contributed by atoms with E-state index in [-0.39, 0.29) is 0 Å². The predicted molar refractivity (Wildman–Crippen MR) is 49.3 cm³/mol. The number of hydrogen-bond donors (Lipinski definition) is 3. The van der Waals surface area contributed by atoms with Gasteiger partial charge in [-0.3, -0.25) is 9.35 Å². The van der Waals surface area contributed by atoms with E-state index >= 15 is 0 Å². The number of aliphatic carboxylic acids is 1. The largest absolute Gasteiger partial charge is 0.480 e. The summed E-state index contributed by atoms with van der Waals surface area (Å²) in [6.45, 7) is 0. The van der Waals surface area contributed by atoms with Crippen LogP contribution in [-0.2, 0) is 14.9 Å². The fraction of sp³-hybridized carbons (Fsp3) is 0.800. The number of carbonyl (C=O) groups is 1. The van der Waals surface area contributed by atoms with E-state index in [9.17, 15) is 13.2 Å².